The van der Waals surface area contributed by atoms with Gasteiger partial charge in [-0.25, -0.2) is 0 Å². The second-order valence-corrected chi connectivity index (χ2v) is 4.11. The molecule has 4 heteroatoms. The first kappa shape index (κ1) is 11.0. The van der Waals surface area contributed by atoms with E-state index in [4.69, 9.17) is 10.5 Å². The van der Waals surface area contributed by atoms with Gasteiger partial charge in [-0.2, -0.15) is 0 Å². The monoisotopic (exact) mass is 220 g/mol. The maximum Gasteiger partial charge on any atom is 0.264 e. The molecule has 1 aliphatic heterocycles. The number of nitrogens with two attached hydrogens (primary N) is 1. The predicted octanol–water partition coefficient (Wildman–Crippen LogP) is 1.10. The minimum Gasteiger partial charge on any atom is -0.482 e. The predicted molar refractivity (Wildman–Crippen MR) is 62.8 cm³/mol. The zero-order chi connectivity index (χ0) is 11.7. The van der Waals surface area contributed by atoms with Crippen molar-refractivity contribution < 1.29 is 9.53 Å². The second-order valence-electron chi connectivity index (χ2n) is 4.11. The van der Waals surface area contributed by atoms with Gasteiger partial charge < -0.3 is 15.4 Å². The molecule has 0 saturated carbocycles. The number of nitrogens with zero attached hydrogens (tertiary/aromatic N) is 1. The Labute approximate surface area is 95.0 Å². The average Bonchev–Trinajstić information content (AvgIpc) is 2.32. The Kier molecular flexibility index (Phi) is 2.83. The summed E-state index contributed by atoms with van der Waals surface area (Å²) in [4.78, 5) is 13.0. The minimum absolute atomic E-state index is 0.0212. The summed E-state index contributed by atoms with van der Waals surface area (Å²) in [6.07, 6.45) is 0. The van der Waals surface area contributed by atoms with Crippen LogP contribution in [0.25, 0.3) is 0 Å². The zero-order valence-corrected chi connectivity index (χ0v) is 9.56. The van der Waals surface area contributed by atoms with Crippen LogP contribution >= 0.6 is 0 Å². The summed E-state index contributed by atoms with van der Waals surface area (Å²) in [7, 11) is 1.76. The third-order valence-electron chi connectivity index (χ3n) is 2.99. The highest BCUT2D eigenvalue weighted by atomic mass is 16.5. The quantitative estimate of drug-likeness (QED) is 0.812. The van der Waals surface area contributed by atoms with Crippen LogP contribution in [0.15, 0.2) is 18.2 Å². The van der Waals surface area contributed by atoms with E-state index in [-0.39, 0.29) is 12.5 Å². The molecule has 1 unspecified atom stereocenters. The van der Waals surface area contributed by atoms with E-state index >= 15 is 0 Å². The van der Waals surface area contributed by atoms with E-state index < -0.39 is 0 Å². The largest absolute Gasteiger partial charge is 0.482 e. The summed E-state index contributed by atoms with van der Waals surface area (Å²) in [5.74, 6) is 1.05. The lowest BCUT2D eigenvalue weighted by Crippen LogP contribution is -2.35. The van der Waals surface area contributed by atoms with Crippen molar-refractivity contribution >= 4 is 11.6 Å². The molecule has 1 aliphatic rings. The Balaban J connectivity index is 2.37. The number of benzene rings is 1. The molecule has 86 valence electrons. The van der Waals surface area contributed by atoms with Crippen LogP contribution in [-0.4, -0.2) is 26.1 Å². The van der Waals surface area contributed by atoms with Gasteiger partial charge in [0.05, 0.1) is 5.69 Å². The number of anilines is 1. The molecule has 1 heterocycles. The van der Waals surface area contributed by atoms with Crippen molar-refractivity contribution in [3.8, 4) is 5.75 Å². The van der Waals surface area contributed by atoms with E-state index in [1.54, 1.807) is 11.9 Å². The molecule has 0 spiro atoms. The molecule has 1 atom stereocenters. The molecule has 0 saturated heterocycles. The maximum absolute atomic E-state index is 11.4. The number of amides is 1. The van der Waals surface area contributed by atoms with Crippen molar-refractivity contribution in [2.75, 3.05) is 25.1 Å². The Hall–Kier alpha value is -1.55. The first-order chi connectivity index (χ1) is 7.63. The third kappa shape index (κ3) is 1.76. The highest BCUT2D eigenvalue weighted by Crippen LogP contribution is 2.33. The third-order valence-corrected chi connectivity index (χ3v) is 2.99. The molecule has 1 amide bonds. The van der Waals surface area contributed by atoms with Crippen molar-refractivity contribution in [2.45, 2.75) is 12.8 Å². The van der Waals surface area contributed by atoms with E-state index in [9.17, 15) is 4.79 Å². The summed E-state index contributed by atoms with van der Waals surface area (Å²) in [6.45, 7) is 2.79. The van der Waals surface area contributed by atoms with Gasteiger partial charge in [0.1, 0.15) is 5.75 Å². The van der Waals surface area contributed by atoms with Gasteiger partial charge in [-0.3, -0.25) is 4.79 Å². The van der Waals surface area contributed by atoms with Crippen LogP contribution < -0.4 is 15.4 Å². The number of fused-ring (bicyclic) bond motifs is 1. The number of carbonyl (C=O) groups excluding carboxylic acids is 1. The van der Waals surface area contributed by atoms with Crippen LogP contribution in [0.3, 0.4) is 0 Å². The lowest BCUT2D eigenvalue weighted by Gasteiger charge is -2.26. The fraction of sp³-hybridized carbons (Fsp3) is 0.417. The van der Waals surface area contributed by atoms with E-state index in [0.717, 1.165) is 17.0 Å². The zero-order valence-electron chi connectivity index (χ0n) is 9.56. The van der Waals surface area contributed by atoms with Gasteiger partial charge in [0.15, 0.2) is 6.61 Å². The Bertz CT molecular complexity index is 417. The van der Waals surface area contributed by atoms with Crippen LogP contribution in [0.5, 0.6) is 5.75 Å². The lowest BCUT2D eigenvalue weighted by atomic mass is 10.0. The standard InChI is InChI=1S/C12H16N2O2/c1-8(6-13)9-3-4-10-11(5-9)16-7-12(15)14(10)2/h3-5,8H,6-7,13H2,1-2H3. The molecule has 0 fully saturated rings. The van der Waals surface area contributed by atoms with Crippen molar-refractivity contribution in [1.82, 2.24) is 0 Å². The Morgan fingerprint density at radius 3 is 3.00 bits per heavy atom. The van der Waals surface area contributed by atoms with Crippen LogP contribution in [0, 0.1) is 0 Å². The summed E-state index contributed by atoms with van der Waals surface area (Å²) >= 11 is 0. The smallest absolute Gasteiger partial charge is 0.264 e. The maximum atomic E-state index is 11.4. The average molecular weight is 220 g/mol. The summed E-state index contributed by atoms with van der Waals surface area (Å²) < 4.78 is 5.41. The lowest BCUT2D eigenvalue weighted by molar-refractivity contribution is -0.120. The van der Waals surface area contributed by atoms with Crippen LogP contribution in [-0.2, 0) is 4.79 Å². The molecular formula is C12H16N2O2. The second kappa shape index (κ2) is 4.14. The number of hydrogen-bond donors (Lipinski definition) is 1. The highest BCUT2D eigenvalue weighted by Gasteiger charge is 2.22. The van der Waals surface area contributed by atoms with Crippen LogP contribution in [0.1, 0.15) is 18.4 Å². The van der Waals surface area contributed by atoms with Gasteiger partial charge >= 0.3 is 0 Å². The van der Waals surface area contributed by atoms with E-state index in [1.807, 2.05) is 18.2 Å². The van der Waals surface area contributed by atoms with E-state index in [1.165, 1.54) is 0 Å². The molecule has 0 bridgehead atoms. The fourth-order valence-electron chi connectivity index (χ4n) is 1.74. The molecule has 16 heavy (non-hydrogen) atoms. The summed E-state index contributed by atoms with van der Waals surface area (Å²) in [6, 6.07) is 5.87. The van der Waals surface area contributed by atoms with E-state index in [0.29, 0.717) is 12.5 Å². The number of hydrogen-bond acceptors (Lipinski definition) is 3. The highest BCUT2D eigenvalue weighted by molar-refractivity contribution is 5.97. The van der Waals surface area contributed by atoms with Gasteiger partial charge in [0.2, 0.25) is 0 Å². The Morgan fingerprint density at radius 2 is 2.31 bits per heavy atom. The van der Waals surface area contributed by atoms with Gasteiger partial charge in [-0.15, -0.1) is 0 Å². The normalized spacial score (nSPS) is 16.7. The van der Waals surface area contributed by atoms with E-state index in [2.05, 4.69) is 6.92 Å². The number of rotatable bonds is 2. The molecule has 1 aromatic rings. The number of ether oxygens (including phenoxy) is 1. The topological polar surface area (TPSA) is 55.6 Å². The number of likely N-dealkylation sites (N-methyl/N-ethyl adjacent to an activating group) is 1. The molecule has 2 N–H and O–H groups in total. The van der Waals surface area contributed by atoms with Crippen molar-refractivity contribution in [1.29, 1.82) is 0 Å². The first-order valence-electron chi connectivity index (χ1n) is 5.37. The van der Waals surface area contributed by atoms with Crippen molar-refractivity contribution in [2.24, 2.45) is 5.73 Å². The number of carbonyl (C=O) groups is 1. The molecule has 4 nitrogen and oxygen atoms in total. The molecule has 0 aromatic heterocycles. The van der Waals surface area contributed by atoms with Crippen molar-refractivity contribution in [3.63, 3.8) is 0 Å². The van der Waals surface area contributed by atoms with Crippen LogP contribution in [0.2, 0.25) is 0 Å². The van der Waals surface area contributed by atoms with Crippen LogP contribution in [0.4, 0.5) is 5.69 Å². The first-order valence-corrected chi connectivity index (χ1v) is 5.37. The molecule has 1 aromatic carbocycles. The molecule has 0 aliphatic carbocycles. The Morgan fingerprint density at radius 1 is 1.56 bits per heavy atom. The fourth-order valence-corrected chi connectivity index (χ4v) is 1.74. The van der Waals surface area contributed by atoms with Crippen molar-refractivity contribution in [3.05, 3.63) is 23.8 Å². The van der Waals surface area contributed by atoms with Gasteiger partial charge in [0, 0.05) is 7.05 Å². The summed E-state index contributed by atoms with van der Waals surface area (Å²) in [5, 5.41) is 0. The molecule has 0 radical (unpaired) electrons. The summed E-state index contributed by atoms with van der Waals surface area (Å²) in [5.41, 5.74) is 7.59. The SMILES string of the molecule is CC(CN)c1ccc2c(c1)OCC(=O)N2C. The van der Waals surface area contributed by atoms with Gasteiger partial charge in [0.25, 0.3) is 5.91 Å². The molecule has 2 rings (SSSR count). The van der Waals surface area contributed by atoms with Gasteiger partial charge in [-0.1, -0.05) is 13.0 Å². The minimum atomic E-state index is -0.0212. The molecular weight excluding hydrogens is 204 g/mol. The van der Waals surface area contributed by atoms with Gasteiger partial charge in [-0.05, 0) is 30.2 Å².